The lowest BCUT2D eigenvalue weighted by Gasteiger charge is -2.24. The van der Waals surface area contributed by atoms with Crippen LogP contribution in [0.4, 0.5) is 5.69 Å². The summed E-state index contributed by atoms with van der Waals surface area (Å²) in [7, 11) is 1.59. The molecule has 5 heteroatoms. The number of rotatable bonds is 5. The number of anilines is 1. The Morgan fingerprint density at radius 3 is 2.75 bits per heavy atom. The molecular formula is C15H20N2O3. The third-order valence-corrected chi connectivity index (χ3v) is 3.28. The van der Waals surface area contributed by atoms with Gasteiger partial charge in [0.25, 0.3) is 0 Å². The Labute approximate surface area is 119 Å². The second-order valence-corrected chi connectivity index (χ2v) is 4.61. The molecule has 1 aliphatic rings. The first-order valence-electron chi connectivity index (χ1n) is 6.87. The first-order valence-corrected chi connectivity index (χ1v) is 6.87. The molecule has 0 saturated carbocycles. The molecular weight excluding hydrogens is 256 g/mol. The van der Waals surface area contributed by atoms with Crippen molar-refractivity contribution in [2.24, 2.45) is 11.0 Å². The van der Waals surface area contributed by atoms with Crippen LogP contribution in [0.15, 0.2) is 23.3 Å². The van der Waals surface area contributed by atoms with Gasteiger partial charge < -0.3 is 9.47 Å². The number of benzene rings is 1. The predicted octanol–water partition coefficient (Wildman–Crippen LogP) is 2.84. The van der Waals surface area contributed by atoms with E-state index >= 15 is 0 Å². The Balaban J connectivity index is 2.29. The molecule has 0 aliphatic carbocycles. The summed E-state index contributed by atoms with van der Waals surface area (Å²) >= 11 is 0. The quantitative estimate of drug-likeness (QED) is 0.831. The Bertz CT molecular complexity index is 514. The van der Waals surface area contributed by atoms with Gasteiger partial charge in [0.15, 0.2) is 11.5 Å². The largest absolute Gasteiger partial charge is 0.493 e. The number of ether oxygens (including phenoxy) is 2. The molecule has 0 spiro atoms. The van der Waals surface area contributed by atoms with Crippen molar-refractivity contribution < 1.29 is 14.3 Å². The van der Waals surface area contributed by atoms with Gasteiger partial charge in [-0.3, -0.25) is 4.79 Å². The number of carbonyl (C=O) groups is 1. The molecule has 0 saturated heterocycles. The molecule has 108 valence electrons. The molecule has 1 heterocycles. The lowest BCUT2D eigenvalue weighted by molar-refractivity contribution is -0.119. The van der Waals surface area contributed by atoms with E-state index in [4.69, 9.17) is 9.47 Å². The number of hydrogen-bond acceptors (Lipinski definition) is 4. The van der Waals surface area contributed by atoms with Crippen LogP contribution in [-0.2, 0) is 4.79 Å². The van der Waals surface area contributed by atoms with E-state index in [1.54, 1.807) is 19.2 Å². The van der Waals surface area contributed by atoms with E-state index in [1.807, 2.05) is 19.2 Å². The summed E-state index contributed by atoms with van der Waals surface area (Å²) in [5, 5.41) is 5.68. The van der Waals surface area contributed by atoms with Gasteiger partial charge in [-0.2, -0.15) is 5.10 Å². The van der Waals surface area contributed by atoms with Gasteiger partial charge >= 0.3 is 0 Å². The van der Waals surface area contributed by atoms with Crippen LogP contribution in [0, 0.1) is 5.92 Å². The zero-order chi connectivity index (χ0) is 14.5. The topological polar surface area (TPSA) is 51.1 Å². The van der Waals surface area contributed by atoms with Crippen LogP contribution < -0.4 is 14.5 Å². The minimum atomic E-state index is 0.00645. The van der Waals surface area contributed by atoms with Gasteiger partial charge in [-0.25, -0.2) is 5.01 Å². The van der Waals surface area contributed by atoms with Gasteiger partial charge in [0.2, 0.25) is 5.91 Å². The fourth-order valence-electron chi connectivity index (χ4n) is 2.11. The number of methoxy groups -OCH3 is 1. The third-order valence-electron chi connectivity index (χ3n) is 3.28. The average molecular weight is 276 g/mol. The molecule has 0 fully saturated rings. The second-order valence-electron chi connectivity index (χ2n) is 4.61. The van der Waals surface area contributed by atoms with Crippen molar-refractivity contribution in [1.29, 1.82) is 0 Å². The molecule has 0 radical (unpaired) electrons. The highest BCUT2D eigenvalue weighted by Crippen LogP contribution is 2.33. The van der Waals surface area contributed by atoms with Crippen LogP contribution in [-0.4, -0.2) is 25.8 Å². The van der Waals surface area contributed by atoms with E-state index in [1.165, 1.54) is 5.01 Å². The monoisotopic (exact) mass is 276 g/mol. The second kappa shape index (κ2) is 6.41. The minimum absolute atomic E-state index is 0.00645. The van der Waals surface area contributed by atoms with E-state index in [2.05, 4.69) is 12.0 Å². The number of nitrogens with zero attached hydrogens (tertiary/aromatic N) is 2. The Morgan fingerprint density at radius 2 is 2.15 bits per heavy atom. The third kappa shape index (κ3) is 2.92. The summed E-state index contributed by atoms with van der Waals surface area (Å²) < 4.78 is 10.8. The van der Waals surface area contributed by atoms with Gasteiger partial charge in [-0.15, -0.1) is 0 Å². The minimum Gasteiger partial charge on any atom is -0.493 e. The predicted molar refractivity (Wildman–Crippen MR) is 78.5 cm³/mol. The maximum Gasteiger partial charge on any atom is 0.248 e. The summed E-state index contributed by atoms with van der Waals surface area (Å²) in [6.07, 6.45) is 3.26. The molecule has 0 bridgehead atoms. The van der Waals surface area contributed by atoms with Crippen LogP contribution in [0.2, 0.25) is 0 Å². The van der Waals surface area contributed by atoms with E-state index in [0.29, 0.717) is 30.2 Å². The lowest BCUT2D eigenvalue weighted by atomic mass is 10.0. The van der Waals surface area contributed by atoms with Gasteiger partial charge in [0.1, 0.15) is 0 Å². The summed E-state index contributed by atoms with van der Waals surface area (Å²) in [6.45, 7) is 4.50. The Morgan fingerprint density at radius 1 is 1.35 bits per heavy atom. The molecule has 0 N–H and O–H groups in total. The smallest absolute Gasteiger partial charge is 0.248 e. The van der Waals surface area contributed by atoms with Crippen molar-refractivity contribution in [2.75, 3.05) is 18.7 Å². The molecule has 0 aromatic heterocycles. The van der Waals surface area contributed by atoms with Gasteiger partial charge in [0, 0.05) is 24.6 Å². The molecule has 20 heavy (non-hydrogen) atoms. The number of hydrazone groups is 1. The first-order chi connectivity index (χ1) is 9.69. The number of carbonyl (C=O) groups excluding carboxylic acids is 1. The fourth-order valence-corrected chi connectivity index (χ4v) is 2.11. The van der Waals surface area contributed by atoms with E-state index in [9.17, 15) is 4.79 Å². The van der Waals surface area contributed by atoms with Crippen LogP contribution >= 0.6 is 0 Å². The molecule has 1 unspecified atom stereocenters. The molecule has 1 atom stereocenters. The van der Waals surface area contributed by atoms with E-state index < -0.39 is 0 Å². The molecule has 1 aromatic carbocycles. The van der Waals surface area contributed by atoms with Crippen molar-refractivity contribution >= 4 is 17.8 Å². The highest BCUT2D eigenvalue weighted by atomic mass is 16.5. The van der Waals surface area contributed by atoms with Gasteiger partial charge in [-0.1, -0.05) is 6.92 Å². The Hall–Kier alpha value is -2.04. The summed E-state index contributed by atoms with van der Waals surface area (Å²) in [5.41, 5.74) is 0.699. The van der Waals surface area contributed by atoms with E-state index in [-0.39, 0.29) is 11.8 Å². The maximum absolute atomic E-state index is 12.1. The fraction of sp³-hybridized carbons (Fsp3) is 0.467. The zero-order valence-corrected chi connectivity index (χ0v) is 12.1. The number of amides is 1. The summed E-state index contributed by atoms with van der Waals surface area (Å²) in [5.74, 6) is 1.51. The highest BCUT2D eigenvalue weighted by Gasteiger charge is 2.23. The molecule has 5 nitrogen and oxygen atoms in total. The normalized spacial score (nSPS) is 18.2. The van der Waals surface area contributed by atoms with Crippen LogP contribution in [0.3, 0.4) is 0 Å². The number of hydrogen-bond donors (Lipinski definition) is 0. The summed E-state index contributed by atoms with van der Waals surface area (Å²) in [4.78, 5) is 12.1. The molecule has 1 aliphatic heterocycles. The van der Waals surface area contributed by atoms with Gasteiger partial charge in [-0.05, 0) is 25.5 Å². The standard InChI is InChI=1S/C15H20N2O3/c1-4-11-8-15(18)17(16-10-11)12-6-7-13(19-3)14(9-12)20-5-2/h6-7,9-11H,4-5,8H2,1-3H3. The SMILES string of the molecule is CCOc1cc(N2N=CC(CC)CC2=O)ccc1OC. The van der Waals surface area contributed by atoms with Crippen molar-refractivity contribution in [2.45, 2.75) is 26.7 Å². The van der Waals surface area contributed by atoms with Crippen molar-refractivity contribution in [3.63, 3.8) is 0 Å². The van der Waals surface area contributed by atoms with Crippen molar-refractivity contribution in [3.8, 4) is 11.5 Å². The van der Waals surface area contributed by atoms with Crippen LogP contribution in [0.25, 0.3) is 0 Å². The first kappa shape index (κ1) is 14.4. The highest BCUT2D eigenvalue weighted by molar-refractivity contribution is 5.97. The van der Waals surface area contributed by atoms with Gasteiger partial charge in [0.05, 0.1) is 19.4 Å². The van der Waals surface area contributed by atoms with E-state index in [0.717, 1.165) is 6.42 Å². The molecule has 1 amide bonds. The maximum atomic E-state index is 12.1. The van der Waals surface area contributed by atoms with Crippen molar-refractivity contribution in [3.05, 3.63) is 18.2 Å². The Kier molecular flexibility index (Phi) is 4.61. The van der Waals surface area contributed by atoms with Crippen molar-refractivity contribution in [1.82, 2.24) is 0 Å². The molecule has 2 rings (SSSR count). The van der Waals surface area contributed by atoms with Crippen LogP contribution in [0.1, 0.15) is 26.7 Å². The lowest BCUT2D eigenvalue weighted by Crippen LogP contribution is -2.32. The van der Waals surface area contributed by atoms with Crippen LogP contribution in [0.5, 0.6) is 11.5 Å². The summed E-state index contributed by atoms with van der Waals surface area (Å²) in [6, 6.07) is 5.38. The zero-order valence-electron chi connectivity index (χ0n) is 12.1. The average Bonchev–Trinajstić information content (AvgIpc) is 2.47. The molecule has 1 aromatic rings.